The molecule has 3 rings (SSSR count). The first-order valence-electron chi connectivity index (χ1n) is 6.50. The van der Waals surface area contributed by atoms with E-state index in [0.29, 0.717) is 10.6 Å². The van der Waals surface area contributed by atoms with Crippen molar-refractivity contribution in [3.63, 3.8) is 0 Å². The molecule has 0 atom stereocenters. The number of anilines is 1. The Morgan fingerprint density at radius 2 is 1.76 bits per heavy atom. The van der Waals surface area contributed by atoms with Gasteiger partial charge in [-0.1, -0.05) is 24.4 Å². The van der Waals surface area contributed by atoms with Crippen molar-refractivity contribution in [2.45, 2.75) is 38.5 Å². The number of nitrogens with zero attached hydrogens (tertiary/aromatic N) is 3. The predicted octanol–water partition coefficient (Wildman–Crippen LogP) is 3.29. The summed E-state index contributed by atoms with van der Waals surface area (Å²) in [5.41, 5.74) is 0.655. The monoisotopic (exact) mass is 251 g/mol. The SMILES string of the molecule is Clc1cncc(N2CCC3(CCCC3)CC2)n1. The fourth-order valence-electron chi connectivity index (χ4n) is 3.32. The van der Waals surface area contributed by atoms with Crippen LogP contribution in [-0.2, 0) is 0 Å². The third kappa shape index (κ3) is 2.25. The Kier molecular flexibility index (Phi) is 2.95. The van der Waals surface area contributed by atoms with Crippen molar-refractivity contribution in [1.29, 1.82) is 0 Å². The number of hydrogen-bond acceptors (Lipinski definition) is 3. The summed E-state index contributed by atoms with van der Waals surface area (Å²) in [5.74, 6) is 0.936. The molecule has 92 valence electrons. The highest BCUT2D eigenvalue weighted by molar-refractivity contribution is 6.29. The van der Waals surface area contributed by atoms with Crippen molar-refractivity contribution < 1.29 is 0 Å². The maximum Gasteiger partial charge on any atom is 0.149 e. The maximum absolute atomic E-state index is 5.88. The topological polar surface area (TPSA) is 29.0 Å². The average molecular weight is 252 g/mol. The molecule has 1 saturated carbocycles. The molecule has 0 aromatic carbocycles. The first kappa shape index (κ1) is 11.3. The third-order valence-corrected chi connectivity index (χ3v) is 4.59. The summed E-state index contributed by atoms with van der Waals surface area (Å²) >= 11 is 5.88. The molecule has 3 nitrogen and oxygen atoms in total. The zero-order valence-electron chi connectivity index (χ0n) is 10.0. The van der Waals surface area contributed by atoms with Crippen LogP contribution in [0.15, 0.2) is 12.4 Å². The van der Waals surface area contributed by atoms with E-state index >= 15 is 0 Å². The van der Waals surface area contributed by atoms with Gasteiger partial charge in [-0.25, -0.2) is 4.98 Å². The van der Waals surface area contributed by atoms with Crippen LogP contribution in [-0.4, -0.2) is 23.1 Å². The van der Waals surface area contributed by atoms with Crippen LogP contribution in [0, 0.1) is 5.41 Å². The first-order valence-corrected chi connectivity index (χ1v) is 6.88. The molecule has 1 aliphatic heterocycles. The molecule has 0 bridgehead atoms. The van der Waals surface area contributed by atoms with Crippen molar-refractivity contribution in [2.24, 2.45) is 5.41 Å². The Morgan fingerprint density at radius 1 is 1.06 bits per heavy atom. The minimum absolute atomic E-state index is 0.489. The summed E-state index contributed by atoms with van der Waals surface area (Å²) in [4.78, 5) is 10.8. The second-order valence-corrected chi connectivity index (χ2v) is 5.78. The van der Waals surface area contributed by atoms with E-state index < -0.39 is 0 Å². The normalized spacial score (nSPS) is 23.2. The van der Waals surface area contributed by atoms with Gasteiger partial charge in [-0.05, 0) is 31.1 Å². The Morgan fingerprint density at radius 3 is 2.41 bits per heavy atom. The molecule has 1 saturated heterocycles. The molecule has 1 aromatic heterocycles. The van der Waals surface area contributed by atoms with Crippen LogP contribution in [0.25, 0.3) is 0 Å². The molecular formula is C13H18ClN3. The van der Waals surface area contributed by atoms with Crippen LogP contribution in [0.3, 0.4) is 0 Å². The first-order chi connectivity index (χ1) is 8.27. The highest BCUT2D eigenvalue weighted by Crippen LogP contribution is 2.46. The second kappa shape index (κ2) is 4.45. The standard InChI is InChI=1S/C13H18ClN3/c14-11-9-15-10-12(16-11)17-7-5-13(6-8-17)3-1-2-4-13/h9-10H,1-8H2. The number of rotatable bonds is 1. The van der Waals surface area contributed by atoms with Gasteiger partial charge < -0.3 is 4.90 Å². The van der Waals surface area contributed by atoms with Gasteiger partial charge in [0.1, 0.15) is 11.0 Å². The van der Waals surface area contributed by atoms with E-state index in [0.717, 1.165) is 18.9 Å². The lowest BCUT2D eigenvalue weighted by Crippen LogP contribution is -2.39. The van der Waals surface area contributed by atoms with Crippen LogP contribution in [0.4, 0.5) is 5.82 Å². The lowest BCUT2D eigenvalue weighted by Gasteiger charge is -2.39. The molecule has 4 heteroatoms. The molecular weight excluding hydrogens is 234 g/mol. The predicted molar refractivity (Wildman–Crippen MR) is 69.4 cm³/mol. The molecule has 0 unspecified atom stereocenters. The van der Waals surface area contributed by atoms with E-state index in [4.69, 9.17) is 11.6 Å². The van der Waals surface area contributed by atoms with Gasteiger partial charge in [0, 0.05) is 13.1 Å². The minimum atomic E-state index is 0.489. The number of halogens is 1. The fourth-order valence-corrected chi connectivity index (χ4v) is 3.46. The van der Waals surface area contributed by atoms with E-state index in [2.05, 4.69) is 14.9 Å². The largest absolute Gasteiger partial charge is 0.355 e. The molecule has 2 aliphatic rings. The molecule has 17 heavy (non-hydrogen) atoms. The molecule has 1 aliphatic carbocycles. The third-order valence-electron chi connectivity index (χ3n) is 4.40. The summed E-state index contributed by atoms with van der Waals surface area (Å²) in [7, 11) is 0. The molecule has 1 spiro atoms. The second-order valence-electron chi connectivity index (χ2n) is 5.39. The quantitative estimate of drug-likeness (QED) is 0.767. The minimum Gasteiger partial charge on any atom is -0.355 e. The van der Waals surface area contributed by atoms with E-state index in [1.165, 1.54) is 38.5 Å². The van der Waals surface area contributed by atoms with Crippen molar-refractivity contribution in [2.75, 3.05) is 18.0 Å². The summed E-state index contributed by atoms with van der Waals surface area (Å²) in [6.45, 7) is 2.21. The lowest BCUT2D eigenvalue weighted by atomic mass is 9.77. The summed E-state index contributed by atoms with van der Waals surface area (Å²) in [6.07, 6.45) is 11.7. The Balaban J connectivity index is 1.68. The highest BCUT2D eigenvalue weighted by atomic mass is 35.5. The van der Waals surface area contributed by atoms with Crippen molar-refractivity contribution in [3.8, 4) is 0 Å². The Labute approximate surface area is 107 Å². The van der Waals surface area contributed by atoms with Crippen molar-refractivity contribution in [3.05, 3.63) is 17.5 Å². The van der Waals surface area contributed by atoms with Crippen LogP contribution in [0.5, 0.6) is 0 Å². The van der Waals surface area contributed by atoms with Gasteiger partial charge >= 0.3 is 0 Å². The Hall–Kier alpha value is -0.830. The van der Waals surface area contributed by atoms with Gasteiger partial charge in [-0.3, -0.25) is 4.98 Å². The van der Waals surface area contributed by atoms with E-state index in [1.54, 1.807) is 6.20 Å². The summed E-state index contributed by atoms with van der Waals surface area (Å²) < 4.78 is 0. The molecule has 0 N–H and O–H groups in total. The summed E-state index contributed by atoms with van der Waals surface area (Å²) in [5, 5.41) is 0.489. The molecule has 1 aromatic rings. The highest BCUT2D eigenvalue weighted by Gasteiger charge is 2.37. The summed E-state index contributed by atoms with van der Waals surface area (Å²) in [6, 6.07) is 0. The zero-order chi connectivity index (χ0) is 11.7. The maximum atomic E-state index is 5.88. The van der Waals surface area contributed by atoms with Crippen LogP contribution in [0.1, 0.15) is 38.5 Å². The fraction of sp³-hybridized carbons (Fsp3) is 0.692. The van der Waals surface area contributed by atoms with Crippen LogP contribution >= 0.6 is 11.6 Å². The van der Waals surface area contributed by atoms with Crippen LogP contribution in [0.2, 0.25) is 5.15 Å². The smallest absolute Gasteiger partial charge is 0.149 e. The molecule has 2 heterocycles. The molecule has 0 amide bonds. The van der Waals surface area contributed by atoms with Gasteiger partial charge in [0.25, 0.3) is 0 Å². The van der Waals surface area contributed by atoms with Gasteiger partial charge in [-0.2, -0.15) is 0 Å². The van der Waals surface area contributed by atoms with Gasteiger partial charge in [-0.15, -0.1) is 0 Å². The van der Waals surface area contributed by atoms with Gasteiger partial charge in [0.2, 0.25) is 0 Å². The van der Waals surface area contributed by atoms with E-state index in [-0.39, 0.29) is 0 Å². The van der Waals surface area contributed by atoms with Crippen molar-refractivity contribution in [1.82, 2.24) is 9.97 Å². The van der Waals surface area contributed by atoms with Crippen LogP contribution < -0.4 is 4.90 Å². The molecule has 2 fully saturated rings. The van der Waals surface area contributed by atoms with E-state index in [9.17, 15) is 0 Å². The lowest BCUT2D eigenvalue weighted by molar-refractivity contribution is 0.226. The van der Waals surface area contributed by atoms with Crippen molar-refractivity contribution >= 4 is 17.4 Å². The zero-order valence-corrected chi connectivity index (χ0v) is 10.8. The van der Waals surface area contributed by atoms with Gasteiger partial charge in [0.15, 0.2) is 0 Å². The van der Waals surface area contributed by atoms with Gasteiger partial charge in [0.05, 0.1) is 12.4 Å². The molecule has 0 radical (unpaired) electrons. The van der Waals surface area contributed by atoms with E-state index in [1.807, 2.05) is 6.20 Å². The number of piperidine rings is 1. The number of hydrogen-bond donors (Lipinski definition) is 0. The average Bonchev–Trinajstić information content (AvgIpc) is 2.79. The number of aromatic nitrogens is 2. The Bertz CT molecular complexity index is 391.